The fourth-order valence-corrected chi connectivity index (χ4v) is 4.35. The van der Waals surface area contributed by atoms with Crippen molar-refractivity contribution in [2.75, 3.05) is 19.4 Å². The van der Waals surface area contributed by atoms with E-state index < -0.39 is 32.7 Å². The summed E-state index contributed by atoms with van der Waals surface area (Å²) in [5, 5.41) is -0.387. The van der Waals surface area contributed by atoms with Crippen LogP contribution in [0.3, 0.4) is 0 Å². The monoisotopic (exact) mass is 336 g/mol. The molecule has 0 amide bonds. The predicted octanol–water partition coefficient (Wildman–Crippen LogP) is 1.39. The largest absolute Gasteiger partial charge is 0.468 e. The molecule has 0 bridgehead atoms. The summed E-state index contributed by atoms with van der Waals surface area (Å²) < 4.78 is 44.6. The molecule has 1 saturated heterocycles. The number of nitrogens with zero attached hydrogens (tertiary/aromatic N) is 1. The second-order valence-electron chi connectivity index (χ2n) is 4.61. The van der Waals surface area contributed by atoms with Gasteiger partial charge in [0, 0.05) is 12.2 Å². The van der Waals surface area contributed by atoms with Crippen LogP contribution in [0.5, 0.6) is 0 Å². The van der Waals surface area contributed by atoms with Crippen molar-refractivity contribution in [2.24, 2.45) is 0 Å². The Hall–Kier alpha value is -1.38. The number of halogens is 2. The molecule has 0 radical (unpaired) electrons. The molecular weight excluding hydrogens is 323 g/mol. The van der Waals surface area contributed by atoms with Crippen molar-refractivity contribution in [3.63, 3.8) is 0 Å². The van der Waals surface area contributed by atoms with E-state index >= 15 is 0 Å². The minimum Gasteiger partial charge on any atom is -0.468 e. The van der Waals surface area contributed by atoms with Gasteiger partial charge >= 0.3 is 5.97 Å². The highest BCUT2D eigenvalue weighted by atomic mass is 35.5. The Morgan fingerprint density at radius 2 is 2.19 bits per heavy atom. The van der Waals surface area contributed by atoms with E-state index in [-0.39, 0.29) is 17.3 Å². The van der Waals surface area contributed by atoms with E-state index in [1.165, 1.54) is 7.11 Å². The van der Waals surface area contributed by atoms with Gasteiger partial charge in [-0.1, -0.05) is 11.6 Å². The van der Waals surface area contributed by atoms with Crippen molar-refractivity contribution in [1.29, 1.82) is 0 Å². The summed E-state index contributed by atoms with van der Waals surface area (Å²) in [7, 11) is -3.06. The molecule has 0 spiro atoms. The lowest BCUT2D eigenvalue weighted by molar-refractivity contribution is -0.144. The predicted molar refractivity (Wildman–Crippen MR) is 74.8 cm³/mol. The molecule has 1 heterocycles. The first kappa shape index (κ1) is 16.0. The Kier molecular flexibility index (Phi) is 4.40. The molecule has 0 saturated carbocycles. The fourth-order valence-electron chi connectivity index (χ4n) is 2.30. The van der Waals surface area contributed by atoms with Gasteiger partial charge in [-0.2, -0.15) is 4.31 Å². The van der Waals surface area contributed by atoms with Crippen LogP contribution < -0.4 is 5.73 Å². The molecule has 21 heavy (non-hydrogen) atoms. The Labute approximate surface area is 126 Å². The summed E-state index contributed by atoms with van der Waals surface area (Å²) in [4.78, 5) is 11.0. The number of rotatable bonds is 3. The minimum absolute atomic E-state index is 0.0220. The zero-order valence-corrected chi connectivity index (χ0v) is 12.7. The fraction of sp³-hybridized carbons (Fsp3) is 0.417. The number of hydrogen-bond donors (Lipinski definition) is 1. The number of sulfonamides is 1. The minimum atomic E-state index is -4.23. The summed E-state index contributed by atoms with van der Waals surface area (Å²) in [6.45, 7) is 0.105. The molecule has 9 heteroatoms. The highest BCUT2D eigenvalue weighted by Gasteiger charge is 2.41. The number of carbonyl (C=O) groups is 1. The molecule has 1 aromatic carbocycles. The summed E-state index contributed by atoms with van der Waals surface area (Å²) in [6, 6.07) is 1.15. The van der Waals surface area contributed by atoms with Gasteiger partial charge in [-0.3, -0.25) is 4.79 Å². The van der Waals surface area contributed by atoms with Gasteiger partial charge in [0.05, 0.1) is 12.1 Å². The van der Waals surface area contributed by atoms with Crippen molar-refractivity contribution in [1.82, 2.24) is 4.31 Å². The molecule has 1 aromatic rings. The van der Waals surface area contributed by atoms with Crippen LogP contribution in [0.2, 0.25) is 5.02 Å². The first-order valence-corrected chi connectivity index (χ1v) is 7.95. The van der Waals surface area contributed by atoms with Crippen LogP contribution in [0.4, 0.5) is 10.1 Å². The number of methoxy groups -OCH3 is 1. The van der Waals surface area contributed by atoms with Crippen LogP contribution in [0, 0.1) is 5.82 Å². The molecule has 0 aromatic heterocycles. The van der Waals surface area contributed by atoms with Crippen LogP contribution in [0.15, 0.2) is 17.0 Å². The molecule has 0 aliphatic carbocycles. The molecule has 1 aliphatic heterocycles. The van der Waals surface area contributed by atoms with Crippen LogP contribution in [-0.4, -0.2) is 38.4 Å². The SMILES string of the molecule is COC(=O)C1CCCN1S(=O)(=O)c1cc(N)cc(Cl)c1F. The van der Waals surface area contributed by atoms with E-state index in [0.29, 0.717) is 12.8 Å². The Balaban J connectivity index is 2.50. The second kappa shape index (κ2) is 5.78. The molecule has 2 rings (SSSR count). The van der Waals surface area contributed by atoms with Gasteiger partial charge in [0.1, 0.15) is 10.9 Å². The summed E-state index contributed by atoms with van der Waals surface area (Å²) >= 11 is 5.63. The van der Waals surface area contributed by atoms with E-state index in [1.807, 2.05) is 0 Å². The second-order valence-corrected chi connectivity index (χ2v) is 6.88. The highest BCUT2D eigenvalue weighted by molar-refractivity contribution is 7.89. The van der Waals surface area contributed by atoms with Gasteiger partial charge in [-0.05, 0) is 25.0 Å². The van der Waals surface area contributed by atoms with Gasteiger partial charge in [0.2, 0.25) is 10.0 Å². The van der Waals surface area contributed by atoms with Gasteiger partial charge in [-0.25, -0.2) is 12.8 Å². The molecule has 1 unspecified atom stereocenters. The normalized spacial score (nSPS) is 19.7. The molecule has 1 fully saturated rings. The highest BCUT2D eigenvalue weighted by Crippen LogP contribution is 2.32. The number of nitrogen functional groups attached to an aromatic ring is 1. The zero-order valence-electron chi connectivity index (χ0n) is 11.2. The van der Waals surface area contributed by atoms with Crippen molar-refractivity contribution in [2.45, 2.75) is 23.8 Å². The molecule has 6 nitrogen and oxygen atoms in total. The number of esters is 1. The van der Waals surface area contributed by atoms with E-state index in [1.54, 1.807) is 0 Å². The van der Waals surface area contributed by atoms with Crippen molar-refractivity contribution >= 4 is 33.3 Å². The van der Waals surface area contributed by atoms with E-state index in [9.17, 15) is 17.6 Å². The number of anilines is 1. The van der Waals surface area contributed by atoms with Gasteiger partial charge in [0.15, 0.2) is 5.82 Å². The van der Waals surface area contributed by atoms with Crippen molar-refractivity contribution in [3.05, 3.63) is 23.0 Å². The van der Waals surface area contributed by atoms with Crippen molar-refractivity contribution in [3.8, 4) is 0 Å². The summed E-state index contributed by atoms with van der Waals surface area (Å²) in [5.41, 5.74) is 5.54. The topological polar surface area (TPSA) is 89.7 Å². The number of ether oxygens (including phenoxy) is 1. The molecule has 1 aliphatic rings. The third-order valence-electron chi connectivity index (χ3n) is 3.28. The Bertz CT molecular complexity index is 680. The molecular formula is C12H14ClFN2O4S. The number of carbonyl (C=O) groups excluding carboxylic acids is 1. The lowest BCUT2D eigenvalue weighted by Crippen LogP contribution is -2.41. The number of nitrogens with two attached hydrogens (primary N) is 1. The number of hydrogen-bond acceptors (Lipinski definition) is 5. The van der Waals surface area contributed by atoms with Crippen LogP contribution in [-0.2, 0) is 19.6 Å². The standard InChI is InChI=1S/C12H14ClFN2O4S/c1-20-12(17)9-3-2-4-16(9)21(18,19)10-6-7(15)5-8(13)11(10)14/h5-6,9H,2-4,15H2,1H3. The van der Waals surface area contributed by atoms with Crippen LogP contribution in [0.1, 0.15) is 12.8 Å². The lowest BCUT2D eigenvalue weighted by Gasteiger charge is -2.22. The van der Waals surface area contributed by atoms with E-state index in [2.05, 4.69) is 4.74 Å². The third-order valence-corrected chi connectivity index (χ3v) is 5.46. The Morgan fingerprint density at radius 3 is 2.81 bits per heavy atom. The molecule has 116 valence electrons. The Morgan fingerprint density at radius 1 is 1.52 bits per heavy atom. The van der Waals surface area contributed by atoms with E-state index in [4.69, 9.17) is 17.3 Å². The quantitative estimate of drug-likeness (QED) is 0.665. The van der Waals surface area contributed by atoms with Crippen molar-refractivity contribution < 1.29 is 22.3 Å². The smallest absolute Gasteiger partial charge is 0.324 e. The summed E-state index contributed by atoms with van der Waals surface area (Å²) in [6.07, 6.45) is 0.806. The van der Waals surface area contributed by atoms with Gasteiger partial charge in [0.25, 0.3) is 0 Å². The maximum atomic E-state index is 14.0. The first-order chi connectivity index (χ1) is 9.78. The average Bonchev–Trinajstić information content (AvgIpc) is 2.91. The zero-order chi connectivity index (χ0) is 15.8. The lowest BCUT2D eigenvalue weighted by atomic mass is 10.2. The van der Waals surface area contributed by atoms with Crippen LogP contribution in [0.25, 0.3) is 0 Å². The van der Waals surface area contributed by atoms with Gasteiger partial charge < -0.3 is 10.5 Å². The van der Waals surface area contributed by atoms with E-state index in [0.717, 1.165) is 16.4 Å². The maximum Gasteiger partial charge on any atom is 0.324 e. The maximum absolute atomic E-state index is 14.0. The van der Waals surface area contributed by atoms with Gasteiger partial charge in [-0.15, -0.1) is 0 Å². The van der Waals surface area contributed by atoms with Crippen LogP contribution >= 0.6 is 11.6 Å². The molecule has 2 N–H and O–H groups in total. The third kappa shape index (κ3) is 2.83. The molecule has 1 atom stereocenters. The first-order valence-electron chi connectivity index (χ1n) is 6.13. The average molecular weight is 337 g/mol. The summed E-state index contributed by atoms with van der Waals surface area (Å²) in [5.74, 6) is -1.76. The number of benzene rings is 1.